The predicted molar refractivity (Wildman–Crippen MR) is 110 cm³/mol. The number of benzene rings is 2. The second-order valence-electron chi connectivity index (χ2n) is 6.39. The zero-order valence-corrected chi connectivity index (χ0v) is 16.7. The van der Waals surface area contributed by atoms with Crippen LogP contribution in [0, 0.1) is 10.1 Å². The molecule has 31 heavy (non-hydrogen) atoms. The van der Waals surface area contributed by atoms with E-state index in [1.165, 1.54) is 25.3 Å². The molecule has 0 spiro atoms. The van der Waals surface area contributed by atoms with Gasteiger partial charge in [0.05, 0.1) is 31.3 Å². The van der Waals surface area contributed by atoms with Crippen LogP contribution in [0.3, 0.4) is 0 Å². The number of fused-ring (bicyclic) bond motifs is 1. The third-order valence-corrected chi connectivity index (χ3v) is 4.19. The van der Waals surface area contributed by atoms with Gasteiger partial charge in [-0.2, -0.15) is 0 Å². The lowest BCUT2D eigenvalue weighted by Crippen LogP contribution is -2.20. The zero-order chi connectivity index (χ0) is 22.2. The maximum absolute atomic E-state index is 12.2. The number of ether oxygens (including phenoxy) is 4. The first-order valence-corrected chi connectivity index (χ1v) is 9.33. The van der Waals surface area contributed by atoms with Crippen molar-refractivity contribution in [2.45, 2.75) is 6.42 Å². The minimum atomic E-state index is -0.744. The molecule has 10 nitrogen and oxygen atoms in total. The minimum Gasteiger partial charge on any atom is -0.497 e. The average molecular weight is 428 g/mol. The topological polar surface area (TPSA) is 126 Å². The van der Waals surface area contributed by atoms with E-state index in [0.29, 0.717) is 30.9 Å². The summed E-state index contributed by atoms with van der Waals surface area (Å²) in [6.45, 7) is 0.136. The number of hydrogen-bond donors (Lipinski definition) is 1. The summed E-state index contributed by atoms with van der Waals surface area (Å²) in [6.07, 6.45) is 3.30. The van der Waals surface area contributed by atoms with E-state index in [1.807, 2.05) is 0 Å². The Morgan fingerprint density at radius 3 is 2.65 bits per heavy atom. The lowest BCUT2D eigenvalue weighted by molar-refractivity contribution is -0.384. The van der Waals surface area contributed by atoms with Crippen molar-refractivity contribution in [1.82, 2.24) is 0 Å². The quantitative estimate of drug-likeness (QED) is 0.309. The Labute approximate surface area is 177 Å². The average Bonchev–Trinajstić information content (AvgIpc) is 3.00. The van der Waals surface area contributed by atoms with E-state index in [0.717, 1.165) is 6.08 Å². The second kappa shape index (κ2) is 10.1. The Morgan fingerprint density at radius 1 is 1.19 bits per heavy atom. The molecule has 0 aromatic heterocycles. The fourth-order valence-corrected chi connectivity index (χ4v) is 2.73. The van der Waals surface area contributed by atoms with E-state index in [2.05, 4.69) is 5.32 Å². The third-order valence-electron chi connectivity index (χ3n) is 4.19. The van der Waals surface area contributed by atoms with Gasteiger partial charge in [-0.25, -0.2) is 4.79 Å². The Balaban J connectivity index is 1.61. The summed E-state index contributed by atoms with van der Waals surface area (Å²) in [5.41, 5.74) is 0.271. The molecule has 0 fully saturated rings. The summed E-state index contributed by atoms with van der Waals surface area (Å²) >= 11 is 0. The second-order valence-corrected chi connectivity index (χ2v) is 6.39. The Kier molecular flexibility index (Phi) is 7.05. The fraction of sp³-hybridized carbons (Fsp3) is 0.238. The number of hydrogen-bond acceptors (Lipinski definition) is 8. The van der Waals surface area contributed by atoms with Crippen LogP contribution in [-0.4, -0.2) is 43.7 Å². The van der Waals surface area contributed by atoms with E-state index in [9.17, 15) is 19.7 Å². The number of carbonyl (C=O) groups is 2. The summed E-state index contributed by atoms with van der Waals surface area (Å²) < 4.78 is 20.9. The highest BCUT2D eigenvalue weighted by Crippen LogP contribution is 2.39. The first kappa shape index (κ1) is 21.6. The number of esters is 1. The maximum Gasteiger partial charge on any atom is 0.331 e. The van der Waals surface area contributed by atoms with Crippen molar-refractivity contribution in [3.8, 4) is 17.2 Å². The molecule has 0 unspecified atom stereocenters. The van der Waals surface area contributed by atoms with Crippen molar-refractivity contribution in [3.05, 3.63) is 58.2 Å². The van der Waals surface area contributed by atoms with Gasteiger partial charge in [-0.05, 0) is 23.8 Å². The van der Waals surface area contributed by atoms with Crippen LogP contribution < -0.4 is 19.5 Å². The van der Waals surface area contributed by atoms with Gasteiger partial charge in [0.15, 0.2) is 18.1 Å². The van der Waals surface area contributed by atoms with E-state index >= 15 is 0 Å². The highest BCUT2D eigenvalue weighted by Gasteiger charge is 2.23. The molecule has 0 saturated heterocycles. The highest BCUT2D eigenvalue weighted by atomic mass is 16.6. The first-order chi connectivity index (χ1) is 15.0. The molecule has 1 N–H and O–H groups in total. The number of nitrogens with one attached hydrogen (secondary N) is 1. The van der Waals surface area contributed by atoms with Crippen LogP contribution in [-0.2, 0) is 14.3 Å². The molecule has 3 rings (SSSR count). The standard InChI is InChI=1S/C21H20N2O8/c1-28-15-5-2-4-14(10-15)6-7-21(25)31-13-20(24)22-16-11-18-19(12-17(16)23(26)27)30-9-3-8-29-18/h2,4-7,10-12H,3,8-9,13H2,1H3,(H,22,24)/b7-6+. The van der Waals surface area contributed by atoms with Crippen molar-refractivity contribution in [3.63, 3.8) is 0 Å². The number of anilines is 1. The van der Waals surface area contributed by atoms with E-state index < -0.39 is 23.4 Å². The minimum absolute atomic E-state index is 0.0813. The lowest BCUT2D eigenvalue weighted by Gasteiger charge is -2.11. The molecule has 1 amide bonds. The molecule has 1 aliphatic heterocycles. The van der Waals surface area contributed by atoms with Crippen LogP contribution in [0.4, 0.5) is 11.4 Å². The number of amides is 1. The Morgan fingerprint density at radius 2 is 1.94 bits per heavy atom. The van der Waals surface area contributed by atoms with Gasteiger partial charge in [-0.15, -0.1) is 0 Å². The van der Waals surface area contributed by atoms with Crippen LogP contribution >= 0.6 is 0 Å². The summed E-state index contributed by atoms with van der Waals surface area (Å²) in [4.78, 5) is 34.7. The summed E-state index contributed by atoms with van der Waals surface area (Å²) in [6, 6.07) is 9.53. The van der Waals surface area contributed by atoms with Gasteiger partial charge in [-0.1, -0.05) is 12.1 Å². The van der Waals surface area contributed by atoms with Gasteiger partial charge >= 0.3 is 5.97 Å². The molecule has 0 radical (unpaired) electrons. The number of nitrogens with zero attached hydrogens (tertiary/aromatic N) is 1. The molecule has 10 heteroatoms. The monoisotopic (exact) mass is 428 g/mol. The molecule has 2 aromatic rings. The van der Waals surface area contributed by atoms with Crippen molar-refractivity contribution in [1.29, 1.82) is 0 Å². The van der Waals surface area contributed by atoms with Gasteiger partial charge in [0.2, 0.25) is 0 Å². The van der Waals surface area contributed by atoms with Crippen molar-refractivity contribution in [2.24, 2.45) is 0 Å². The SMILES string of the molecule is COc1cccc(/C=C/C(=O)OCC(=O)Nc2cc3c(cc2[N+](=O)[O-])OCCCO3)c1. The van der Waals surface area contributed by atoms with E-state index in [4.69, 9.17) is 18.9 Å². The molecule has 0 saturated carbocycles. The van der Waals surface area contributed by atoms with Crippen LogP contribution in [0.25, 0.3) is 6.08 Å². The van der Waals surface area contributed by atoms with Crippen molar-refractivity contribution in [2.75, 3.05) is 32.2 Å². The Hall–Kier alpha value is -4.08. The summed E-state index contributed by atoms with van der Waals surface area (Å²) in [5, 5.41) is 13.7. The number of carbonyl (C=O) groups excluding carboxylic acids is 2. The molecule has 162 valence electrons. The van der Waals surface area contributed by atoms with E-state index in [-0.39, 0.29) is 22.9 Å². The van der Waals surface area contributed by atoms with Crippen LogP contribution in [0.5, 0.6) is 17.2 Å². The van der Waals surface area contributed by atoms with Crippen molar-refractivity contribution < 1.29 is 33.5 Å². The van der Waals surface area contributed by atoms with Gasteiger partial charge in [0, 0.05) is 18.6 Å². The number of nitro benzene ring substituents is 1. The van der Waals surface area contributed by atoms with Crippen molar-refractivity contribution >= 4 is 29.3 Å². The molecule has 0 aliphatic carbocycles. The van der Waals surface area contributed by atoms with Crippen LogP contribution in [0.2, 0.25) is 0 Å². The molecular formula is C21H20N2O8. The molecule has 1 heterocycles. The zero-order valence-electron chi connectivity index (χ0n) is 16.7. The summed E-state index contributed by atoms with van der Waals surface area (Å²) in [5.74, 6) is -0.327. The van der Waals surface area contributed by atoms with Gasteiger partial charge in [0.25, 0.3) is 11.6 Å². The smallest absolute Gasteiger partial charge is 0.331 e. The predicted octanol–water partition coefficient (Wildman–Crippen LogP) is 2.96. The molecule has 0 bridgehead atoms. The molecule has 1 aliphatic rings. The molecule has 2 aromatic carbocycles. The van der Waals surface area contributed by atoms with E-state index in [1.54, 1.807) is 24.3 Å². The normalized spacial score (nSPS) is 12.7. The van der Waals surface area contributed by atoms with Gasteiger partial charge in [0.1, 0.15) is 11.4 Å². The summed E-state index contributed by atoms with van der Waals surface area (Å²) in [7, 11) is 1.53. The molecular weight excluding hydrogens is 408 g/mol. The third kappa shape index (κ3) is 5.95. The fourth-order valence-electron chi connectivity index (χ4n) is 2.73. The maximum atomic E-state index is 12.2. The highest BCUT2D eigenvalue weighted by molar-refractivity contribution is 5.96. The van der Waals surface area contributed by atoms with Gasteiger partial charge < -0.3 is 24.3 Å². The number of rotatable bonds is 7. The number of nitro groups is 1. The lowest BCUT2D eigenvalue weighted by atomic mass is 10.2. The number of methoxy groups -OCH3 is 1. The van der Waals surface area contributed by atoms with Crippen LogP contribution in [0.1, 0.15) is 12.0 Å². The first-order valence-electron chi connectivity index (χ1n) is 9.33. The van der Waals surface area contributed by atoms with Crippen LogP contribution in [0.15, 0.2) is 42.5 Å². The van der Waals surface area contributed by atoms with Gasteiger partial charge in [-0.3, -0.25) is 14.9 Å². The molecule has 0 atom stereocenters. The Bertz CT molecular complexity index is 1020. The largest absolute Gasteiger partial charge is 0.497 e.